The fraction of sp³-hybridized carbons (Fsp3) is 0.133. The second-order valence-corrected chi connectivity index (χ2v) is 6.20. The molecule has 6 nitrogen and oxygen atoms in total. The lowest BCUT2D eigenvalue weighted by Crippen LogP contribution is -2.19. The maximum atomic E-state index is 11.9. The van der Waals surface area contributed by atoms with Crippen molar-refractivity contribution in [1.29, 1.82) is 5.26 Å². The average Bonchev–Trinajstić information content (AvgIpc) is 2.52. The zero-order valence-corrected chi connectivity index (χ0v) is 13.1. The molecule has 0 heterocycles. The van der Waals surface area contributed by atoms with E-state index in [0.29, 0.717) is 11.4 Å². The number of rotatable bonds is 4. The van der Waals surface area contributed by atoms with Crippen LogP contribution in [-0.2, 0) is 10.0 Å². The zero-order valence-electron chi connectivity index (χ0n) is 12.2. The fourth-order valence-electron chi connectivity index (χ4n) is 2.15. The van der Waals surface area contributed by atoms with Crippen molar-refractivity contribution < 1.29 is 8.42 Å². The predicted molar refractivity (Wildman–Crippen MR) is 86.6 cm³/mol. The first-order valence-corrected chi connectivity index (χ1v) is 8.00. The van der Waals surface area contributed by atoms with Crippen molar-refractivity contribution in [3.05, 3.63) is 48.0 Å². The molecule has 0 aliphatic heterocycles. The number of sulfonamides is 1. The highest BCUT2D eigenvalue weighted by Gasteiger charge is 2.21. The van der Waals surface area contributed by atoms with Gasteiger partial charge in [-0.25, -0.2) is 13.6 Å². The van der Waals surface area contributed by atoms with Crippen LogP contribution in [0.1, 0.15) is 5.56 Å². The smallest absolute Gasteiger partial charge is 0.240 e. The molecule has 7 heteroatoms. The summed E-state index contributed by atoms with van der Waals surface area (Å²) in [4.78, 5) is 1.62. The van der Waals surface area contributed by atoms with Gasteiger partial charge in [0.2, 0.25) is 10.0 Å². The second kappa shape index (κ2) is 6.05. The van der Waals surface area contributed by atoms with Gasteiger partial charge in [-0.2, -0.15) is 5.26 Å². The van der Waals surface area contributed by atoms with Gasteiger partial charge in [0.15, 0.2) is 0 Å². The molecular weight excluding hydrogens is 300 g/mol. The van der Waals surface area contributed by atoms with E-state index in [2.05, 4.69) is 5.32 Å². The highest BCUT2D eigenvalue weighted by molar-refractivity contribution is 7.89. The van der Waals surface area contributed by atoms with Crippen molar-refractivity contribution in [1.82, 2.24) is 0 Å². The number of nitriles is 1. The van der Waals surface area contributed by atoms with E-state index < -0.39 is 10.0 Å². The first-order chi connectivity index (χ1) is 10.4. The van der Waals surface area contributed by atoms with Crippen molar-refractivity contribution in [3.8, 4) is 6.07 Å². The molecule has 2 rings (SSSR count). The van der Waals surface area contributed by atoms with Gasteiger partial charge < -0.3 is 10.2 Å². The Bertz CT molecular complexity index is 827. The Hall–Kier alpha value is -2.56. The highest BCUT2D eigenvalue weighted by atomic mass is 32.2. The summed E-state index contributed by atoms with van der Waals surface area (Å²) in [5.74, 6) is 0. The van der Waals surface area contributed by atoms with E-state index in [1.165, 1.54) is 6.07 Å². The number of hydrogen-bond donors (Lipinski definition) is 2. The van der Waals surface area contributed by atoms with Crippen LogP contribution in [0.2, 0.25) is 0 Å². The maximum absolute atomic E-state index is 11.9. The monoisotopic (exact) mass is 316 g/mol. The minimum Gasteiger partial charge on any atom is -0.387 e. The van der Waals surface area contributed by atoms with E-state index >= 15 is 0 Å². The van der Waals surface area contributed by atoms with Gasteiger partial charge in [-0.05, 0) is 24.3 Å². The molecule has 114 valence electrons. The Morgan fingerprint density at radius 1 is 1.23 bits per heavy atom. The molecule has 0 atom stereocenters. The molecule has 0 aromatic heterocycles. The molecule has 3 N–H and O–H groups in total. The molecule has 0 unspecified atom stereocenters. The maximum Gasteiger partial charge on any atom is 0.240 e. The molecule has 22 heavy (non-hydrogen) atoms. The van der Waals surface area contributed by atoms with Crippen LogP contribution in [0, 0.1) is 11.3 Å². The summed E-state index contributed by atoms with van der Waals surface area (Å²) in [5.41, 5.74) is 1.96. The lowest BCUT2D eigenvalue weighted by molar-refractivity contribution is 0.598. The number of para-hydroxylation sites is 1. The van der Waals surface area contributed by atoms with Gasteiger partial charge in [-0.1, -0.05) is 18.2 Å². The Morgan fingerprint density at radius 2 is 1.86 bits per heavy atom. The lowest BCUT2D eigenvalue weighted by atomic mass is 10.1. The molecule has 0 aliphatic rings. The zero-order chi connectivity index (χ0) is 16.3. The third kappa shape index (κ3) is 3.03. The summed E-state index contributed by atoms with van der Waals surface area (Å²) in [7, 11) is -0.558. The van der Waals surface area contributed by atoms with Gasteiger partial charge in [0.05, 0.1) is 16.9 Å². The van der Waals surface area contributed by atoms with Crippen LogP contribution in [-0.4, -0.2) is 22.5 Å². The fourth-order valence-corrected chi connectivity index (χ4v) is 2.92. The summed E-state index contributed by atoms with van der Waals surface area (Å²) < 4.78 is 23.8. The number of anilines is 3. The van der Waals surface area contributed by atoms with E-state index in [9.17, 15) is 8.42 Å². The van der Waals surface area contributed by atoms with Crippen LogP contribution in [0.3, 0.4) is 0 Å². The molecule has 0 saturated heterocycles. The van der Waals surface area contributed by atoms with E-state index in [-0.39, 0.29) is 10.5 Å². The molecule has 0 radical (unpaired) electrons. The van der Waals surface area contributed by atoms with Crippen molar-refractivity contribution in [2.75, 3.05) is 24.3 Å². The summed E-state index contributed by atoms with van der Waals surface area (Å²) in [6.45, 7) is 0. The van der Waals surface area contributed by atoms with Crippen molar-refractivity contribution >= 4 is 27.1 Å². The van der Waals surface area contributed by atoms with Gasteiger partial charge in [-0.3, -0.25) is 0 Å². The quantitative estimate of drug-likeness (QED) is 0.899. The number of primary sulfonamides is 1. The van der Waals surface area contributed by atoms with E-state index in [0.717, 1.165) is 5.69 Å². The molecule has 0 amide bonds. The molecule has 0 bridgehead atoms. The molecule has 2 aromatic rings. The summed E-state index contributed by atoms with van der Waals surface area (Å²) >= 11 is 0. The third-order valence-electron chi connectivity index (χ3n) is 3.30. The molecular formula is C15H16N4O2S. The first kappa shape index (κ1) is 15.8. The first-order valence-electron chi connectivity index (χ1n) is 6.46. The third-order valence-corrected chi connectivity index (χ3v) is 4.24. The average molecular weight is 316 g/mol. The SMILES string of the molecule is CNc1cc(N(C)c2ccccc2)c(S(N)(=O)=O)cc1C#N. The Labute approximate surface area is 129 Å². The lowest BCUT2D eigenvalue weighted by Gasteiger charge is -2.23. The topological polar surface area (TPSA) is 99.2 Å². The molecule has 0 saturated carbocycles. The van der Waals surface area contributed by atoms with Gasteiger partial charge in [-0.15, -0.1) is 0 Å². The van der Waals surface area contributed by atoms with E-state index in [1.54, 1.807) is 25.1 Å². The predicted octanol–water partition coefficient (Wildman–Crippen LogP) is 2.02. The van der Waals surface area contributed by atoms with E-state index in [1.807, 2.05) is 36.4 Å². The Morgan fingerprint density at radius 3 is 2.36 bits per heavy atom. The van der Waals surface area contributed by atoms with E-state index in [4.69, 9.17) is 10.4 Å². The Balaban J connectivity index is 2.71. The van der Waals surface area contributed by atoms with Crippen molar-refractivity contribution in [2.45, 2.75) is 4.90 Å². The number of hydrogen-bond acceptors (Lipinski definition) is 5. The number of nitrogens with one attached hydrogen (secondary N) is 1. The second-order valence-electron chi connectivity index (χ2n) is 4.67. The van der Waals surface area contributed by atoms with Gasteiger partial charge in [0, 0.05) is 19.8 Å². The molecule has 0 aliphatic carbocycles. The number of benzene rings is 2. The van der Waals surface area contributed by atoms with Gasteiger partial charge in [0.25, 0.3) is 0 Å². The molecule has 2 aromatic carbocycles. The van der Waals surface area contributed by atoms with Crippen LogP contribution in [0.25, 0.3) is 0 Å². The standard InChI is InChI=1S/C15H16N4O2S/c1-18-13-9-14(19(2)12-6-4-3-5-7-12)15(22(17,20)21)8-11(13)10-16/h3-9,18H,1-2H3,(H2,17,20,21). The van der Waals surface area contributed by atoms with Crippen molar-refractivity contribution in [3.63, 3.8) is 0 Å². The minimum atomic E-state index is -3.96. The van der Waals surface area contributed by atoms with Crippen LogP contribution >= 0.6 is 0 Å². The van der Waals surface area contributed by atoms with Crippen molar-refractivity contribution in [2.24, 2.45) is 5.14 Å². The van der Waals surface area contributed by atoms with Crippen LogP contribution in [0.5, 0.6) is 0 Å². The van der Waals surface area contributed by atoms with Crippen LogP contribution < -0.4 is 15.4 Å². The summed E-state index contributed by atoms with van der Waals surface area (Å²) in [5, 5.41) is 17.3. The highest BCUT2D eigenvalue weighted by Crippen LogP contribution is 2.33. The minimum absolute atomic E-state index is 0.0885. The van der Waals surface area contributed by atoms with Gasteiger partial charge in [0.1, 0.15) is 11.0 Å². The molecule has 0 fully saturated rings. The van der Waals surface area contributed by atoms with Gasteiger partial charge >= 0.3 is 0 Å². The Kier molecular flexibility index (Phi) is 4.35. The van der Waals surface area contributed by atoms with Crippen LogP contribution in [0.15, 0.2) is 47.4 Å². The summed E-state index contributed by atoms with van der Waals surface area (Å²) in [6, 6.07) is 14.1. The normalized spacial score (nSPS) is 10.8. The number of nitrogens with zero attached hydrogens (tertiary/aromatic N) is 2. The van der Waals surface area contributed by atoms with Crippen LogP contribution in [0.4, 0.5) is 17.1 Å². The largest absolute Gasteiger partial charge is 0.387 e. The summed E-state index contributed by atoms with van der Waals surface area (Å²) in [6.07, 6.45) is 0. The molecule has 0 spiro atoms. The number of nitrogens with two attached hydrogens (primary N) is 1.